The maximum absolute atomic E-state index is 11.5. The van der Waals surface area contributed by atoms with Gasteiger partial charge in [-0.05, 0) is 93.6 Å². The van der Waals surface area contributed by atoms with E-state index in [1.807, 2.05) is 11.7 Å². The number of hydrogen-bond acceptors (Lipinski definition) is 3. The summed E-state index contributed by atoms with van der Waals surface area (Å²) in [6, 6.07) is 0. The second-order valence-corrected chi connectivity index (χ2v) is 11.2. The smallest absolute Gasteiger partial charge is 0.0809 e. The highest BCUT2D eigenvalue weighted by atomic mass is 16.3. The van der Waals surface area contributed by atoms with Crippen LogP contribution in [0.2, 0.25) is 0 Å². The molecule has 0 spiro atoms. The molecule has 4 nitrogen and oxygen atoms in total. The zero-order valence-electron chi connectivity index (χ0n) is 19.3. The Balaban J connectivity index is 1.49. The molecular weight excluding hydrogens is 372 g/mol. The van der Waals surface area contributed by atoms with Crippen molar-refractivity contribution in [3.8, 4) is 0 Å². The number of nitrogens with zero attached hydrogens (tertiary/aromatic N) is 2. The molecule has 1 aromatic rings. The fourth-order valence-electron chi connectivity index (χ4n) is 7.82. The van der Waals surface area contributed by atoms with E-state index in [-0.39, 0.29) is 23.0 Å². The van der Waals surface area contributed by atoms with Crippen LogP contribution in [0, 0.1) is 42.4 Å². The van der Waals surface area contributed by atoms with E-state index in [1.165, 1.54) is 28.8 Å². The van der Waals surface area contributed by atoms with Crippen LogP contribution >= 0.6 is 0 Å². The summed E-state index contributed by atoms with van der Waals surface area (Å²) in [4.78, 5) is 0. The van der Waals surface area contributed by atoms with Gasteiger partial charge in [-0.3, -0.25) is 4.68 Å². The molecule has 4 heteroatoms. The molecule has 3 fully saturated rings. The van der Waals surface area contributed by atoms with Crippen LogP contribution in [0.1, 0.15) is 75.7 Å². The lowest BCUT2D eigenvalue weighted by Crippen LogP contribution is -2.51. The predicted molar refractivity (Wildman–Crippen MR) is 120 cm³/mol. The molecule has 164 valence electrons. The van der Waals surface area contributed by atoms with Gasteiger partial charge in [0, 0.05) is 23.7 Å². The van der Waals surface area contributed by atoms with Gasteiger partial charge in [-0.15, -0.1) is 0 Å². The zero-order chi connectivity index (χ0) is 21.4. The Morgan fingerprint density at radius 1 is 1.10 bits per heavy atom. The lowest BCUT2D eigenvalue weighted by molar-refractivity contribution is -0.0685. The Hall–Kier alpha value is -1.39. The van der Waals surface area contributed by atoms with Crippen molar-refractivity contribution in [2.24, 2.45) is 35.6 Å². The number of aliphatic hydroxyl groups is 2. The molecule has 2 N–H and O–H groups in total. The maximum atomic E-state index is 11.5. The van der Waals surface area contributed by atoms with Gasteiger partial charge < -0.3 is 10.2 Å². The van der Waals surface area contributed by atoms with E-state index in [2.05, 4.69) is 44.9 Å². The molecule has 0 aromatic carbocycles. The third-order valence-corrected chi connectivity index (χ3v) is 9.84. The molecule has 0 bridgehead atoms. The fraction of sp³-hybridized carbons (Fsp3) is 0.731. The first-order valence-electron chi connectivity index (χ1n) is 11.9. The fourth-order valence-corrected chi connectivity index (χ4v) is 7.82. The Bertz CT molecular complexity index is 928. The van der Waals surface area contributed by atoms with Gasteiger partial charge in [-0.25, -0.2) is 0 Å². The summed E-state index contributed by atoms with van der Waals surface area (Å²) in [5.41, 5.74) is 6.35. The number of fused-ring (bicyclic) bond motifs is 5. The number of aliphatic hydroxyl groups excluding tert-OH is 2. The van der Waals surface area contributed by atoms with Crippen molar-refractivity contribution < 1.29 is 10.2 Å². The van der Waals surface area contributed by atoms with Crippen molar-refractivity contribution in [2.45, 2.75) is 84.8 Å². The topological polar surface area (TPSA) is 58.3 Å². The third kappa shape index (κ3) is 2.75. The van der Waals surface area contributed by atoms with E-state index in [9.17, 15) is 10.2 Å². The lowest BCUT2D eigenvalue weighted by atomic mass is 9.48. The van der Waals surface area contributed by atoms with Crippen LogP contribution < -0.4 is 0 Å². The summed E-state index contributed by atoms with van der Waals surface area (Å²) in [7, 11) is 1.99. The van der Waals surface area contributed by atoms with Crippen molar-refractivity contribution in [3.05, 3.63) is 34.2 Å². The highest BCUT2D eigenvalue weighted by molar-refractivity contribution is 5.59. The monoisotopic (exact) mass is 410 g/mol. The van der Waals surface area contributed by atoms with Crippen LogP contribution in [-0.2, 0) is 7.05 Å². The molecule has 0 aliphatic heterocycles. The first kappa shape index (κ1) is 20.5. The second-order valence-electron chi connectivity index (χ2n) is 11.2. The summed E-state index contributed by atoms with van der Waals surface area (Å²) in [6.07, 6.45) is 11.6. The highest BCUT2D eigenvalue weighted by Gasteiger charge is 2.59. The minimum Gasteiger partial charge on any atom is -0.393 e. The Morgan fingerprint density at radius 2 is 1.87 bits per heavy atom. The Labute approximate surface area is 181 Å². The van der Waals surface area contributed by atoms with Gasteiger partial charge in [0.2, 0.25) is 0 Å². The Kier molecular flexibility index (Phi) is 4.65. The van der Waals surface area contributed by atoms with Gasteiger partial charge in [0.1, 0.15) is 0 Å². The van der Waals surface area contributed by atoms with Crippen LogP contribution in [0.5, 0.6) is 0 Å². The van der Waals surface area contributed by atoms with Gasteiger partial charge in [0.15, 0.2) is 0 Å². The number of rotatable bonds is 1. The molecule has 1 heterocycles. The molecule has 0 radical (unpaired) electrons. The number of hydrogen-bond donors (Lipinski definition) is 2. The van der Waals surface area contributed by atoms with Crippen LogP contribution in [0.3, 0.4) is 0 Å². The van der Waals surface area contributed by atoms with Crippen molar-refractivity contribution in [1.82, 2.24) is 9.78 Å². The average molecular weight is 411 g/mol. The third-order valence-electron chi connectivity index (χ3n) is 9.84. The van der Waals surface area contributed by atoms with Gasteiger partial charge in [0.25, 0.3) is 0 Å². The molecule has 5 rings (SSSR count). The van der Waals surface area contributed by atoms with Crippen LogP contribution in [-0.4, -0.2) is 32.2 Å². The number of aromatic nitrogens is 2. The van der Waals surface area contributed by atoms with Crippen molar-refractivity contribution >= 4 is 6.08 Å². The summed E-state index contributed by atoms with van der Waals surface area (Å²) in [6.45, 7) is 8.99. The molecule has 7 atom stereocenters. The summed E-state index contributed by atoms with van der Waals surface area (Å²) in [5.74, 6) is 1.87. The van der Waals surface area contributed by atoms with Gasteiger partial charge >= 0.3 is 0 Å². The van der Waals surface area contributed by atoms with Crippen molar-refractivity contribution in [2.75, 3.05) is 0 Å². The molecule has 0 amide bonds. The van der Waals surface area contributed by atoms with Crippen molar-refractivity contribution in [1.29, 1.82) is 0 Å². The molecule has 0 unspecified atom stereocenters. The molecule has 3 saturated carbocycles. The molecule has 4 aliphatic carbocycles. The van der Waals surface area contributed by atoms with E-state index < -0.39 is 0 Å². The van der Waals surface area contributed by atoms with E-state index in [1.54, 1.807) is 0 Å². The predicted octanol–water partition coefficient (Wildman–Crippen LogP) is 4.71. The van der Waals surface area contributed by atoms with Gasteiger partial charge in [0.05, 0.1) is 17.9 Å². The van der Waals surface area contributed by atoms with E-state index in [0.29, 0.717) is 17.8 Å². The normalized spacial score (nSPS) is 44.4. The minimum absolute atomic E-state index is 0.0209. The lowest BCUT2D eigenvalue weighted by Gasteiger charge is -2.57. The zero-order valence-corrected chi connectivity index (χ0v) is 19.3. The van der Waals surface area contributed by atoms with Crippen LogP contribution in [0.4, 0.5) is 0 Å². The average Bonchev–Trinajstić information content (AvgIpc) is 3.10. The molecule has 30 heavy (non-hydrogen) atoms. The van der Waals surface area contributed by atoms with E-state index in [0.717, 1.165) is 44.2 Å². The van der Waals surface area contributed by atoms with Crippen LogP contribution in [0.25, 0.3) is 6.08 Å². The first-order chi connectivity index (χ1) is 14.1. The largest absolute Gasteiger partial charge is 0.393 e. The second kappa shape index (κ2) is 6.80. The summed E-state index contributed by atoms with van der Waals surface area (Å²) in [5, 5.41) is 26.3. The van der Waals surface area contributed by atoms with Crippen molar-refractivity contribution in [3.63, 3.8) is 0 Å². The molecule has 4 aliphatic rings. The Morgan fingerprint density at radius 3 is 2.57 bits per heavy atom. The first-order valence-corrected chi connectivity index (χ1v) is 11.9. The maximum Gasteiger partial charge on any atom is 0.0809 e. The van der Waals surface area contributed by atoms with Crippen LogP contribution in [0.15, 0.2) is 17.2 Å². The molecule has 1 aromatic heterocycles. The molecular formula is C26H38N2O2. The standard InChI is InChI=1S/C26H38N2O2/c1-15-21(16(2)28(5)27-15)12-17-13-23-20-7-6-18-14-19(29)8-10-25(18,3)22(20)9-11-26(23,4)24(17)30/h6,12,19-20,22-24,29-30H,7-11,13-14H2,1-5H3/b17-12-/t19-,20-,22+,23+,24-,25-,26+/m0/s1. The van der Waals surface area contributed by atoms with Gasteiger partial charge in [-0.1, -0.05) is 25.5 Å². The highest BCUT2D eigenvalue weighted by Crippen LogP contribution is 2.65. The summed E-state index contributed by atoms with van der Waals surface area (Å²) >= 11 is 0. The van der Waals surface area contributed by atoms with Gasteiger partial charge in [-0.2, -0.15) is 5.10 Å². The quantitative estimate of drug-likeness (QED) is 0.659. The molecule has 0 saturated heterocycles. The van der Waals surface area contributed by atoms with E-state index >= 15 is 0 Å². The minimum atomic E-state index is -0.353. The summed E-state index contributed by atoms with van der Waals surface area (Å²) < 4.78 is 1.94. The number of allylic oxidation sites excluding steroid dienone is 1. The number of aryl methyl sites for hydroxylation is 2. The SMILES string of the molecule is Cc1nn(C)c(C)c1/C=C1/C[C@@H]2[C@H]3CC=C4C[C@@H](O)CC[C@]4(C)[C@@H]3CC[C@@]2(C)[C@H]1O. The van der Waals surface area contributed by atoms with E-state index in [4.69, 9.17) is 0 Å².